The molecule has 0 aliphatic heterocycles. The van der Waals surface area contributed by atoms with Crippen molar-refractivity contribution < 1.29 is 4.21 Å². The smallest absolute Gasteiger partial charge is 0.127 e. The maximum atomic E-state index is 11.3. The molecule has 0 fully saturated rings. The Labute approximate surface area is 127 Å². The summed E-state index contributed by atoms with van der Waals surface area (Å²) in [5, 5.41) is -0.141. The summed E-state index contributed by atoms with van der Waals surface area (Å²) in [5.74, 6) is 1.59. The standard InChI is InChI=1S/C15H21ClN2OS/c1-10-5-6-14-13(9-10)17-15(12(3)16)18(14)11(2)7-8-20(4)19/h5-6,9,11-12H,7-8H2,1-4H3. The number of aryl methyl sites for hydroxylation is 1. The van der Waals surface area contributed by atoms with E-state index in [1.807, 2.05) is 6.92 Å². The van der Waals surface area contributed by atoms with E-state index in [0.717, 1.165) is 23.3 Å². The number of halogens is 1. The fraction of sp³-hybridized carbons (Fsp3) is 0.533. The minimum Gasteiger partial charge on any atom is -0.324 e. The number of aromatic nitrogens is 2. The minimum atomic E-state index is -0.769. The fourth-order valence-electron chi connectivity index (χ4n) is 2.44. The van der Waals surface area contributed by atoms with E-state index >= 15 is 0 Å². The molecule has 0 radical (unpaired) electrons. The molecule has 1 aromatic carbocycles. The van der Waals surface area contributed by atoms with E-state index in [1.54, 1.807) is 6.26 Å². The van der Waals surface area contributed by atoms with Crippen molar-refractivity contribution in [2.45, 2.75) is 38.6 Å². The second-order valence-electron chi connectivity index (χ2n) is 5.36. The second kappa shape index (κ2) is 6.27. The summed E-state index contributed by atoms with van der Waals surface area (Å²) in [7, 11) is -0.769. The predicted molar refractivity (Wildman–Crippen MR) is 87.0 cm³/mol. The highest BCUT2D eigenvalue weighted by Gasteiger charge is 2.19. The minimum absolute atomic E-state index is 0.141. The van der Waals surface area contributed by atoms with E-state index < -0.39 is 10.8 Å². The average Bonchev–Trinajstić information content (AvgIpc) is 2.74. The highest BCUT2D eigenvalue weighted by molar-refractivity contribution is 7.84. The Morgan fingerprint density at radius 2 is 2.10 bits per heavy atom. The van der Waals surface area contributed by atoms with E-state index in [0.29, 0.717) is 5.75 Å². The van der Waals surface area contributed by atoms with Gasteiger partial charge in [0.15, 0.2) is 0 Å². The maximum absolute atomic E-state index is 11.3. The lowest BCUT2D eigenvalue weighted by atomic mass is 10.2. The Morgan fingerprint density at radius 1 is 1.40 bits per heavy atom. The molecule has 110 valence electrons. The summed E-state index contributed by atoms with van der Waals surface area (Å²) < 4.78 is 13.5. The number of benzene rings is 1. The van der Waals surface area contributed by atoms with Gasteiger partial charge in [0.2, 0.25) is 0 Å². The highest BCUT2D eigenvalue weighted by atomic mass is 35.5. The molecule has 0 bridgehead atoms. The Bertz CT molecular complexity index is 636. The van der Waals surface area contributed by atoms with Crippen LogP contribution in [0.25, 0.3) is 11.0 Å². The van der Waals surface area contributed by atoms with Gasteiger partial charge in [-0.25, -0.2) is 4.98 Å². The molecule has 20 heavy (non-hydrogen) atoms. The molecule has 0 amide bonds. The number of hydrogen-bond donors (Lipinski definition) is 0. The largest absolute Gasteiger partial charge is 0.324 e. The molecule has 5 heteroatoms. The summed E-state index contributed by atoms with van der Waals surface area (Å²) in [6.07, 6.45) is 2.60. The highest BCUT2D eigenvalue weighted by Crippen LogP contribution is 2.29. The molecule has 1 aromatic heterocycles. The molecule has 0 saturated carbocycles. The number of nitrogens with zero attached hydrogens (tertiary/aromatic N) is 2. The first-order valence-corrected chi connectivity index (χ1v) is 8.99. The van der Waals surface area contributed by atoms with Crippen LogP contribution in [0.2, 0.25) is 0 Å². The van der Waals surface area contributed by atoms with Crippen LogP contribution in [0.1, 0.15) is 43.1 Å². The zero-order valence-corrected chi connectivity index (χ0v) is 14.0. The van der Waals surface area contributed by atoms with Crippen LogP contribution in [-0.4, -0.2) is 25.8 Å². The second-order valence-corrected chi connectivity index (χ2v) is 7.57. The van der Waals surface area contributed by atoms with E-state index in [-0.39, 0.29) is 11.4 Å². The molecule has 1 heterocycles. The van der Waals surface area contributed by atoms with Crippen molar-refractivity contribution in [1.29, 1.82) is 0 Å². The van der Waals surface area contributed by atoms with Crippen LogP contribution in [0.3, 0.4) is 0 Å². The molecule has 3 unspecified atom stereocenters. The molecule has 0 aliphatic carbocycles. The molecular formula is C15H21ClN2OS. The number of fused-ring (bicyclic) bond motifs is 1. The third-order valence-electron chi connectivity index (χ3n) is 3.49. The summed E-state index contributed by atoms with van der Waals surface area (Å²) >= 11 is 6.28. The van der Waals surface area contributed by atoms with Gasteiger partial charge < -0.3 is 4.57 Å². The van der Waals surface area contributed by atoms with Gasteiger partial charge in [0.25, 0.3) is 0 Å². The summed E-state index contributed by atoms with van der Waals surface area (Å²) in [5.41, 5.74) is 3.28. The molecule has 2 rings (SSSR count). The first-order chi connectivity index (χ1) is 9.40. The van der Waals surface area contributed by atoms with E-state index in [2.05, 4.69) is 41.6 Å². The van der Waals surface area contributed by atoms with Gasteiger partial charge in [0.05, 0.1) is 16.4 Å². The Balaban J connectivity index is 2.48. The normalized spacial score (nSPS) is 16.2. The van der Waals surface area contributed by atoms with Gasteiger partial charge in [-0.1, -0.05) is 6.07 Å². The summed E-state index contributed by atoms with van der Waals surface area (Å²) in [4.78, 5) is 4.68. The molecule has 0 N–H and O–H groups in total. The van der Waals surface area contributed by atoms with Crippen LogP contribution in [0, 0.1) is 6.92 Å². The van der Waals surface area contributed by atoms with Crippen LogP contribution < -0.4 is 0 Å². The lowest BCUT2D eigenvalue weighted by molar-refractivity contribution is 0.523. The lowest BCUT2D eigenvalue weighted by Crippen LogP contribution is -2.12. The van der Waals surface area contributed by atoms with Crippen molar-refractivity contribution in [2.75, 3.05) is 12.0 Å². The van der Waals surface area contributed by atoms with Crippen LogP contribution in [-0.2, 0) is 10.8 Å². The lowest BCUT2D eigenvalue weighted by Gasteiger charge is -2.18. The van der Waals surface area contributed by atoms with Gasteiger partial charge in [-0.05, 0) is 44.9 Å². The van der Waals surface area contributed by atoms with E-state index in [9.17, 15) is 4.21 Å². The van der Waals surface area contributed by atoms with Crippen LogP contribution in [0.5, 0.6) is 0 Å². The number of rotatable bonds is 5. The van der Waals surface area contributed by atoms with Gasteiger partial charge >= 0.3 is 0 Å². The van der Waals surface area contributed by atoms with Crippen molar-refractivity contribution in [3.05, 3.63) is 29.6 Å². The topological polar surface area (TPSA) is 34.9 Å². The average molecular weight is 313 g/mol. The van der Waals surface area contributed by atoms with Gasteiger partial charge in [-0.3, -0.25) is 4.21 Å². The molecular weight excluding hydrogens is 292 g/mol. The van der Waals surface area contributed by atoms with E-state index in [1.165, 1.54) is 5.56 Å². The fourth-order valence-corrected chi connectivity index (χ4v) is 3.26. The zero-order valence-electron chi connectivity index (χ0n) is 12.4. The quantitative estimate of drug-likeness (QED) is 0.783. The first kappa shape index (κ1) is 15.5. The SMILES string of the molecule is Cc1ccc2c(c1)nc(C(C)Cl)n2C(C)CCS(C)=O. The Hall–Kier alpha value is -0.870. The van der Waals surface area contributed by atoms with Crippen LogP contribution >= 0.6 is 11.6 Å². The summed E-state index contributed by atoms with van der Waals surface area (Å²) in [6, 6.07) is 6.51. The van der Waals surface area contributed by atoms with Crippen LogP contribution in [0.4, 0.5) is 0 Å². The van der Waals surface area contributed by atoms with Crippen molar-refractivity contribution in [3.63, 3.8) is 0 Å². The van der Waals surface area contributed by atoms with Crippen molar-refractivity contribution >= 4 is 33.4 Å². The number of imidazole rings is 1. The Kier molecular flexibility index (Phi) is 4.86. The van der Waals surface area contributed by atoms with Crippen LogP contribution in [0.15, 0.2) is 18.2 Å². The van der Waals surface area contributed by atoms with Crippen molar-refractivity contribution in [1.82, 2.24) is 9.55 Å². The third kappa shape index (κ3) is 3.23. The Morgan fingerprint density at radius 3 is 2.70 bits per heavy atom. The number of alkyl halides is 1. The van der Waals surface area contributed by atoms with Gasteiger partial charge in [-0.2, -0.15) is 0 Å². The third-order valence-corrected chi connectivity index (χ3v) is 4.50. The van der Waals surface area contributed by atoms with Gasteiger partial charge in [-0.15, -0.1) is 11.6 Å². The molecule has 0 aliphatic rings. The zero-order chi connectivity index (χ0) is 14.9. The molecule has 3 nitrogen and oxygen atoms in total. The molecule has 3 atom stereocenters. The molecule has 0 spiro atoms. The number of hydrogen-bond acceptors (Lipinski definition) is 2. The van der Waals surface area contributed by atoms with Crippen molar-refractivity contribution in [2.24, 2.45) is 0 Å². The van der Waals surface area contributed by atoms with Gasteiger partial charge in [0.1, 0.15) is 5.82 Å². The monoisotopic (exact) mass is 312 g/mol. The first-order valence-electron chi connectivity index (χ1n) is 6.82. The van der Waals surface area contributed by atoms with Gasteiger partial charge in [0, 0.05) is 28.9 Å². The molecule has 0 saturated heterocycles. The van der Waals surface area contributed by atoms with E-state index in [4.69, 9.17) is 11.6 Å². The maximum Gasteiger partial charge on any atom is 0.127 e. The van der Waals surface area contributed by atoms with Crippen molar-refractivity contribution in [3.8, 4) is 0 Å². The molecule has 2 aromatic rings. The summed E-state index contributed by atoms with van der Waals surface area (Å²) in [6.45, 7) is 6.14. The predicted octanol–water partition coefficient (Wildman–Crippen LogP) is 3.97.